The highest BCUT2D eigenvalue weighted by molar-refractivity contribution is 7.89. The average molecular weight is 306 g/mol. The van der Waals surface area contributed by atoms with Gasteiger partial charge < -0.3 is 10.0 Å². The Morgan fingerprint density at radius 3 is 2.50 bits per heavy atom. The Morgan fingerprint density at radius 2 is 2.00 bits per heavy atom. The Kier molecular flexibility index (Phi) is 5.94. The van der Waals surface area contributed by atoms with Crippen LogP contribution in [0, 0.1) is 5.92 Å². The minimum Gasteiger partial charge on any atom is -0.480 e. The van der Waals surface area contributed by atoms with E-state index in [4.69, 9.17) is 5.11 Å². The summed E-state index contributed by atoms with van der Waals surface area (Å²) in [6.45, 7) is 3.85. The molecule has 0 aliphatic carbocycles. The van der Waals surface area contributed by atoms with Gasteiger partial charge in [0.05, 0.1) is 11.7 Å². The molecule has 1 saturated heterocycles. The summed E-state index contributed by atoms with van der Waals surface area (Å²) in [6.07, 6.45) is 1.23. The van der Waals surface area contributed by atoms with Gasteiger partial charge >= 0.3 is 5.97 Å². The van der Waals surface area contributed by atoms with E-state index >= 15 is 0 Å². The van der Waals surface area contributed by atoms with Crippen molar-refractivity contribution in [3.8, 4) is 0 Å². The monoisotopic (exact) mass is 306 g/mol. The number of carboxylic acid groups (broad SMARTS) is 1. The van der Waals surface area contributed by atoms with Crippen molar-refractivity contribution in [1.29, 1.82) is 0 Å². The molecule has 1 rings (SSSR count). The smallest absolute Gasteiger partial charge is 0.323 e. The van der Waals surface area contributed by atoms with E-state index in [1.165, 1.54) is 9.21 Å². The fraction of sp³-hybridized carbons (Fsp3) is 0.833. The maximum atomic E-state index is 12.3. The van der Waals surface area contributed by atoms with Crippen LogP contribution in [0.2, 0.25) is 0 Å². The predicted octanol–water partition coefficient (Wildman–Crippen LogP) is -0.0188. The molecule has 8 heteroatoms. The van der Waals surface area contributed by atoms with Gasteiger partial charge in [0, 0.05) is 19.6 Å². The number of carboxylic acids is 1. The zero-order chi connectivity index (χ0) is 15.3. The first-order chi connectivity index (χ1) is 9.31. The second kappa shape index (κ2) is 7.03. The lowest BCUT2D eigenvalue weighted by atomic mass is 9.98. The van der Waals surface area contributed by atoms with Crippen LogP contribution in [0.1, 0.15) is 26.7 Å². The van der Waals surface area contributed by atoms with Gasteiger partial charge in [0.15, 0.2) is 0 Å². The number of piperidine rings is 1. The number of carbonyl (C=O) groups is 2. The molecule has 0 radical (unpaired) electrons. The summed E-state index contributed by atoms with van der Waals surface area (Å²) in [5.74, 6) is -1.76. The molecular weight excluding hydrogens is 284 g/mol. The molecule has 1 amide bonds. The van der Waals surface area contributed by atoms with Crippen molar-refractivity contribution in [1.82, 2.24) is 9.21 Å². The van der Waals surface area contributed by atoms with Gasteiger partial charge in [-0.25, -0.2) is 12.7 Å². The molecule has 1 fully saturated rings. The summed E-state index contributed by atoms with van der Waals surface area (Å²) in [5, 5.41) is 8.78. The van der Waals surface area contributed by atoms with Gasteiger partial charge in [-0.05, 0) is 26.7 Å². The summed E-state index contributed by atoms with van der Waals surface area (Å²) in [7, 11) is -3.30. The first kappa shape index (κ1) is 16.9. The minimum absolute atomic E-state index is 0.0144. The average Bonchev–Trinajstić information content (AvgIpc) is 2.44. The number of sulfonamides is 1. The van der Waals surface area contributed by atoms with Crippen molar-refractivity contribution in [2.24, 2.45) is 5.92 Å². The molecule has 0 bridgehead atoms. The normalized spacial score (nSPS) is 20.6. The molecule has 0 spiro atoms. The second-order valence-corrected chi connectivity index (χ2v) is 7.10. The SMILES string of the molecule is CCN(CC(=O)O)C(=O)C1CCCN(S(=O)(=O)CC)C1. The van der Waals surface area contributed by atoms with Crippen molar-refractivity contribution in [3.63, 3.8) is 0 Å². The first-order valence-electron chi connectivity index (χ1n) is 6.80. The quantitative estimate of drug-likeness (QED) is 0.744. The summed E-state index contributed by atoms with van der Waals surface area (Å²) >= 11 is 0. The van der Waals surface area contributed by atoms with Crippen molar-refractivity contribution in [2.45, 2.75) is 26.7 Å². The van der Waals surface area contributed by atoms with Crippen LogP contribution in [0.25, 0.3) is 0 Å². The molecule has 1 atom stereocenters. The maximum Gasteiger partial charge on any atom is 0.323 e. The number of nitrogens with zero attached hydrogens (tertiary/aromatic N) is 2. The molecule has 1 heterocycles. The molecule has 1 unspecified atom stereocenters. The molecule has 116 valence electrons. The Balaban J connectivity index is 2.75. The molecule has 0 aromatic heterocycles. The molecule has 0 aromatic carbocycles. The van der Waals surface area contributed by atoms with E-state index in [1.807, 2.05) is 0 Å². The summed E-state index contributed by atoms with van der Waals surface area (Å²) in [5.41, 5.74) is 0. The zero-order valence-corrected chi connectivity index (χ0v) is 12.7. The second-order valence-electron chi connectivity index (χ2n) is 4.84. The highest BCUT2D eigenvalue weighted by Crippen LogP contribution is 2.21. The van der Waals surface area contributed by atoms with Crippen LogP contribution < -0.4 is 0 Å². The van der Waals surface area contributed by atoms with Crippen molar-refractivity contribution in [2.75, 3.05) is 31.9 Å². The van der Waals surface area contributed by atoms with Gasteiger partial charge in [-0.15, -0.1) is 0 Å². The Hall–Kier alpha value is -1.15. The molecule has 1 aliphatic rings. The lowest BCUT2D eigenvalue weighted by Gasteiger charge is -2.33. The van der Waals surface area contributed by atoms with E-state index in [0.29, 0.717) is 25.9 Å². The molecule has 7 nitrogen and oxygen atoms in total. The van der Waals surface area contributed by atoms with Crippen LogP contribution in [0.4, 0.5) is 0 Å². The Morgan fingerprint density at radius 1 is 1.35 bits per heavy atom. The molecule has 0 saturated carbocycles. The van der Waals surface area contributed by atoms with E-state index in [-0.39, 0.29) is 24.7 Å². The van der Waals surface area contributed by atoms with E-state index < -0.39 is 21.9 Å². The zero-order valence-electron chi connectivity index (χ0n) is 11.9. The van der Waals surface area contributed by atoms with Crippen LogP contribution in [0.3, 0.4) is 0 Å². The fourth-order valence-electron chi connectivity index (χ4n) is 2.35. The van der Waals surface area contributed by atoms with Crippen molar-refractivity contribution in [3.05, 3.63) is 0 Å². The molecule has 1 aliphatic heterocycles. The molecule has 1 N–H and O–H groups in total. The third-order valence-corrected chi connectivity index (χ3v) is 5.36. The fourth-order valence-corrected chi connectivity index (χ4v) is 3.53. The number of rotatable bonds is 6. The summed E-state index contributed by atoms with van der Waals surface area (Å²) < 4.78 is 25.0. The van der Waals surface area contributed by atoms with Crippen molar-refractivity contribution < 1.29 is 23.1 Å². The largest absolute Gasteiger partial charge is 0.480 e. The standard InChI is InChI=1S/C12H22N2O5S/c1-3-13(9-11(15)16)12(17)10-6-5-7-14(8-10)20(18,19)4-2/h10H,3-9H2,1-2H3,(H,15,16). The highest BCUT2D eigenvalue weighted by atomic mass is 32.2. The minimum atomic E-state index is -3.30. The predicted molar refractivity (Wildman–Crippen MR) is 73.6 cm³/mol. The first-order valence-corrected chi connectivity index (χ1v) is 8.41. The Bertz CT molecular complexity index is 462. The number of carbonyl (C=O) groups excluding carboxylic acids is 1. The van der Waals surface area contributed by atoms with Crippen LogP contribution in [0.15, 0.2) is 0 Å². The van der Waals surface area contributed by atoms with E-state index in [1.54, 1.807) is 13.8 Å². The van der Waals surface area contributed by atoms with Gasteiger partial charge in [0.2, 0.25) is 15.9 Å². The lowest BCUT2D eigenvalue weighted by Crippen LogP contribution is -2.48. The summed E-state index contributed by atoms with van der Waals surface area (Å²) in [6, 6.07) is 0. The van der Waals surface area contributed by atoms with Crippen LogP contribution >= 0.6 is 0 Å². The third kappa shape index (κ3) is 4.17. The van der Waals surface area contributed by atoms with Gasteiger partial charge in [-0.3, -0.25) is 9.59 Å². The molecular formula is C12H22N2O5S. The molecule has 0 aromatic rings. The van der Waals surface area contributed by atoms with Crippen molar-refractivity contribution >= 4 is 21.9 Å². The number of aliphatic carboxylic acids is 1. The van der Waals surface area contributed by atoms with Crippen LogP contribution in [0.5, 0.6) is 0 Å². The third-order valence-electron chi connectivity index (χ3n) is 3.51. The van der Waals surface area contributed by atoms with Gasteiger partial charge in [-0.2, -0.15) is 0 Å². The number of likely N-dealkylation sites (N-methyl/N-ethyl adjacent to an activating group) is 1. The van der Waals surface area contributed by atoms with E-state index in [0.717, 1.165) is 0 Å². The van der Waals surface area contributed by atoms with Gasteiger partial charge in [0.1, 0.15) is 6.54 Å². The topological polar surface area (TPSA) is 95.0 Å². The maximum absolute atomic E-state index is 12.3. The number of hydrogen-bond acceptors (Lipinski definition) is 4. The summed E-state index contributed by atoms with van der Waals surface area (Å²) in [4.78, 5) is 24.3. The molecule has 20 heavy (non-hydrogen) atoms. The Labute approximate surface area is 119 Å². The van der Waals surface area contributed by atoms with Crippen LogP contribution in [-0.2, 0) is 19.6 Å². The number of amides is 1. The van der Waals surface area contributed by atoms with Crippen LogP contribution in [-0.4, -0.2) is 66.5 Å². The van der Waals surface area contributed by atoms with Gasteiger partial charge in [-0.1, -0.05) is 0 Å². The van der Waals surface area contributed by atoms with E-state index in [9.17, 15) is 18.0 Å². The van der Waals surface area contributed by atoms with Gasteiger partial charge in [0.25, 0.3) is 0 Å². The highest BCUT2D eigenvalue weighted by Gasteiger charge is 2.33. The van der Waals surface area contributed by atoms with E-state index in [2.05, 4.69) is 0 Å². The lowest BCUT2D eigenvalue weighted by molar-refractivity contribution is -0.146. The number of hydrogen-bond donors (Lipinski definition) is 1.